The molecule has 0 atom stereocenters. The Balaban J connectivity index is 1.61. The number of nitrogens with zero attached hydrogens (tertiary/aromatic N) is 3. The Hall–Kier alpha value is -1.80. The number of aromatic nitrogens is 1. The van der Waals surface area contributed by atoms with Crippen LogP contribution in [0.25, 0.3) is 0 Å². The van der Waals surface area contributed by atoms with Crippen LogP contribution in [0.1, 0.15) is 42.6 Å². The van der Waals surface area contributed by atoms with Crippen LogP contribution in [0, 0.1) is 18.3 Å². The Morgan fingerprint density at radius 2 is 2.10 bits per heavy atom. The highest BCUT2D eigenvalue weighted by Crippen LogP contribution is 2.38. The molecule has 2 aliphatic heterocycles. The van der Waals surface area contributed by atoms with Gasteiger partial charge in [0.15, 0.2) is 0 Å². The lowest BCUT2D eigenvalue weighted by Crippen LogP contribution is -2.51. The third-order valence-electron chi connectivity index (χ3n) is 5.26. The van der Waals surface area contributed by atoms with Crippen molar-refractivity contribution in [1.29, 1.82) is 5.26 Å². The maximum atomic E-state index is 11.8. The summed E-state index contributed by atoms with van der Waals surface area (Å²) in [6.07, 6.45) is 3.83. The molecule has 21 heavy (non-hydrogen) atoms. The summed E-state index contributed by atoms with van der Waals surface area (Å²) >= 11 is 0. The fourth-order valence-electron chi connectivity index (χ4n) is 3.72. The predicted molar refractivity (Wildman–Crippen MR) is 79.5 cm³/mol. The summed E-state index contributed by atoms with van der Waals surface area (Å²) in [7, 11) is 1.96. The fraction of sp³-hybridized carbons (Fsp3) is 0.625. The minimum Gasteiger partial charge on any atom is -0.360 e. The number of amides is 1. The molecular weight excluding hydrogens is 264 g/mol. The quantitative estimate of drug-likeness (QED) is 0.901. The second-order valence-electron chi connectivity index (χ2n) is 6.40. The molecule has 0 radical (unpaired) electrons. The lowest BCUT2D eigenvalue weighted by molar-refractivity contribution is -0.130. The maximum Gasteiger partial charge on any atom is 0.222 e. The number of aromatic amines is 1. The molecule has 3 rings (SSSR count). The van der Waals surface area contributed by atoms with Crippen LogP contribution in [-0.2, 0) is 11.3 Å². The van der Waals surface area contributed by atoms with Crippen molar-refractivity contribution in [3.05, 3.63) is 23.0 Å². The van der Waals surface area contributed by atoms with E-state index in [1.165, 1.54) is 0 Å². The van der Waals surface area contributed by atoms with Gasteiger partial charge in [-0.2, -0.15) is 5.26 Å². The second kappa shape index (κ2) is 5.19. The lowest BCUT2D eigenvalue weighted by atomic mass is 9.85. The summed E-state index contributed by atoms with van der Waals surface area (Å²) in [5.41, 5.74) is 2.90. The van der Waals surface area contributed by atoms with E-state index >= 15 is 0 Å². The van der Waals surface area contributed by atoms with Crippen molar-refractivity contribution in [2.45, 2.75) is 44.7 Å². The van der Waals surface area contributed by atoms with Crippen molar-refractivity contribution < 1.29 is 4.79 Å². The molecule has 0 aliphatic carbocycles. The first kappa shape index (κ1) is 14.2. The van der Waals surface area contributed by atoms with Crippen LogP contribution in [0.5, 0.6) is 0 Å². The Bertz CT molecular complexity index is 590. The summed E-state index contributed by atoms with van der Waals surface area (Å²) in [5.74, 6) is 0.294. The molecule has 0 unspecified atom stereocenters. The largest absolute Gasteiger partial charge is 0.360 e. The molecule has 1 aromatic rings. The van der Waals surface area contributed by atoms with Crippen molar-refractivity contribution in [2.75, 3.05) is 20.1 Å². The van der Waals surface area contributed by atoms with Gasteiger partial charge in [0.2, 0.25) is 5.91 Å². The topological polar surface area (TPSA) is 63.1 Å². The highest BCUT2D eigenvalue weighted by Gasteiger charge is 2.44. The molecule has 1 N–H and O–H groups in total. The van der Waals surface area contributed by atoms with E-state index in [0.29, 0.717) is 12.3 Å². The van der Waals surface area contributed by atoms with Gasteiger partial charge in [-0.05, 0) is 32.3 Å². The summed E-state index contributed by atoms with van der Waals surface area (Å²) < 4.78 is 0. The highest BCUT2D eigenvalue weighted by molar-refractivity contribution is 5.79. The van der Waals surface area contributed by atoms with Gasteiger partial charge in [-0.15, -0.1) is 0 Å². The highest BCUT2D eigenvalue weighted by atomic mass is 16.2. The number of hydrogen-bond acceptors (Lipinski definition) is 3. The Morgan fingerprint density at radius 3 is 2.62 bits per heavy atom. The van der Waals surface area contributed by atoms with Crippen molar-refractivity contribution >= 4 is 5.91 Å². The first-order chi connectivity index (χ1) is 10.0. The van der Waals surface area contributed by atoms with Gasteiger partial charge in [0, 0.05) is 50.0 Å². The molecule has 0 saturated carbocycles. The number of rotatable bonds is 2. The van der Waals surface area contributed by atoms with Crippen LogP contribution in [0.4, 0.5) is 0 Å². The van der Waals surface area contributed by atoms with E-state index in [1.54, 1.807) is 0 Å². The zero-order chi connectivity index (χ0) is 15.0. The van der Waals surface area contributed by atoms with Gasteiger partial charge < -0.3 is 9.88 Å². The Morgan fingerprint density at radius 1 is 1.38 bits per heavy atom. The molecule has 3 heterocycles. The average Bonchev–Trinajstić information content (AvgIpc) is 2.97. The number of H-pyrrole nitrogens is 1. The zero-order valence-electron chi connectivity index (χ0n) is 12.8. The van der Waals surface area contributed by atoms with Gasteiger partial charge in [0.05, 0.1) is 5.56 Å². The molecule has 1 aromatic heterocycles. The van der Waals surface area contributed by atoms with Crippen LogP contribution in [0.3, 0.4) is 0 Å². The van der Waals surface area contributed by atoms with Crippen LogP contribution < -0.4 is 0 Å². The summed E-state index contributed by atoms with van der Waals surface area (Å²) in [6.45, 7) is 4.82. The van der Waals surface area contributed by atoms with Crippen LogP contribution in [-0.4, -0.2) is 46.4 Å². The van der Waals surface area contributed by atoms with E-state index < -0.39 is 0 Å². The standard InChI is InChI=1S/C16H22N4O/c1-12-13(10-17)9-14(18-12)11-20-7-5-16(6-8-20)4-3-15(21)19(16)2/h9,18H,3-8,11H2,1-2H3. The maximum absolute atomic E-state index is 11.8. The monoisotopic (exact) mass is 286 g/mol. The van der Waals surface area contributed by atoms with E-state index in [2.05, 4.69) is 16.0 Å². The molecule has 2 aliphatic rings. The van der Waals surface area contributed by atoms with E-state index in [-0.39, 0.29) is 5.54 Å². The molecule has 0 bridgehead atoms. The predicted octanol–water partition coefficient (Wildman–Crippen LogP) is 1.78. The van der Waals surface area contributed by atoms with E-state index in [9.17, 15) is 4.79 Å². The molecule has 1 amide bonds. The van der Waals surface area contributed by atoms with Crippen LogP contribution >= 0.6 is 0 Å². The molecule has 112 valence electrons. The number of nitriles is 1. The number of piperidine rings is 1. The number of hydrogen-bond donors (Lipinski definition) is 1. The minimum atomic E-state index is 0.108. The molecule has 2 saturated heterocycles. The smallest absolute Gasteiger partial charge is 0.222 e. The molecule has 5 heteroatoms. The molecule has 1 spiro atoms. The number of carbonyl (C=O) groups excluding carboxylic acids is 1. The zero-order valence-corrected chi connectivity index (χ0v) is 12.8. The van der Waals surface area contributed by atoms with Crippen molar-refractivity contribution in [1.82, 2.24) is 14.8 Å². The summed E-state index contributed by atoms with van der Waals surface area (Å²) in [5, 5.41) is 9.01. The number of aryl methyl sites for hydroxylation is 1. The summed E-state index contributed by atoms with van der Waals surface area (Å²) in [6, 6.07) is 4.16. The van der Waals surface area contributed by atoms with Gasteiger partial charge in [0.1, 0.15) is 6.07 Å². The first-order valence-corrected chi connectivity index (χ1v) is 7.62. The lowest BCUT2D eigenvalue weighted by Gasteiger charge is -2.43. The third-order valence-corrected chi connectivity index (χ3v) is 5.26. The molecule has 5 nitrogen and oxygen atoms in total. The first-order valence-electron chi connectivity index (χ1n) is 7.62. The van der Waals surface area contributed by atoms with Crippen LogP contribution in [0.15, 0.2) is 6.07 Å². The Kier molecular flexibility index (Phi) is 3.50. The average molecular weight is 286 g/mol. The number of carbonyl (C=O) groups is 1. The van der Waals surface area contributed by atoms with E-state index in [4.69, 9.17) is 5.26 Å². The van der Waals surface area contributed by atoms with Crippen molar-refractivity contribution in [3.63, 3.8) is 0 Å². The fourth-order valence-corrected chi connectivity index (χ4v) is 3.72. The van der Waals surface area contributed by atoms with Gasteiger partial charge in [-0.1, -0.05) is 0 Å². The normalized spacial score (nSPS) is 22.0. The second-order valence-corrected chi connectivity index (χ2v) is 6.40. The number of nitrogens with one attached hydrogen (secondary N) is 1. The van der Waals surface area contributed by atoms with Crippen LogP contribution in [0.2, 0.25) is 0 Å². The van der Waals surface area contributed by atoms with Gasteiger partial charge in [0.25, 0.3) is 0 Å². The van der Waals surface area contributed by atoms with Crippen molar-refractivity contribution in [3.8, 4) is 6.07 Å². The van der Waals surface area contributed by atoms with Gasteiger partial charge >= 0.3 is 0 Å². The minimum absolute atomic E-state index is 0.108. The summed E-state index contributed by atoms with van der Waals surface area (Å²) in [4.78, 5) is 19.5. The Labute approximate surface area is 125 Å². The van der Waals surface area contributed by atoms with Gasteiger partial charge in [-0.3, -0.25) is 9.69 Å². The SMILES string of the molecule is Cc1[nH]c(CN2CCC3(CCC(=O)N3C)CC2)cc1C#N. The van der Waals surface area contributed by atoms with Gasteiger partial charge in [-0.25, -0.2) is 0 Å². The van der Waals surface area contributed by atoms with Crippen molar-refractivity contribution in [2.24, 2.45) is 0 Å². The third kappa shape index (κ3) is 2.44. The van der Waals surface area contributed by atoms with E-state index in [0.717, 1.165) is 55.8 Å². The van der Waals surface area contributed by atoms with E-state index in [1.807, 2.05) is 24.9 Å². The molecular formula is C16H22N4O. The molecule has 2 fully saturated rings. The molecule has 0 aromatic carbocycles. The number of likely N-dealkylation sites (tertiary alicyclic amines) is 2.